The Morgan fingerprint density at radius 1 is 1.35 bits per heavy atom. The molecule has 0 aromatic carbocycles. The Hall–Kier alpha value is -3.37. The molecule has 11 heteroatoms. The first kappa shape index (κ1) is 17.5. The number of carbonyl (C=O) groups excluding carboxylic acids is 2. The monoisotopic (exact) mass is 361 g/mol. The van der Waals surface area contributed by atoms with Gasteiger partial charge in [-0.1, -0.05) is 5.16 Å². The van der Waals surface area contributed by atoms with E-state index in [1.54, 1.807) is 13.8 Å². The number of carbonyl (C=O) groups is 2. The summed E-state index contributed by atoms with van der Waals surface area (Å²) in [5.41, 5.74) is 2.75. The Labute approximate surface area is 148 Å². The number of hydrogen-bond donors (Lipinski definition) is 4. The van der Waals surface area contributed by atoms with Crippen LogP contribution in [0, 0.1) is 13.8 Å². The minimum atomic E-state index is -0.641. The summed E-state index contributed by atoms with van der Waals surface area (Å²) in [6.07, 6.45) is 1.52. The zero-order chi connectivity index (χ0) is 18.7. The highest BCUT2D eigenvalue weighted by Gasteiger charge is 2.33. The first-order valence-electron chi connectivity index (χ1n) is 7.95. The molecule has 2 aromatic heterocycles. The number of rotatable bonds is 6. The summed E-state index contributed by atoms with van der Waals surface area (Å²) >= 11 is 0. The average Bonchev–Trinajstić information content (AvgIpc) is 3.19. The molecule has 3 amide bonds. The van der Waals surface area contributed by atoms with Crippen LogP contribution in [0.2, 0.25) is 0 Å². The van der Waals surface area contributed by atoms with E-state index < -0.39 is 6.04 Å². The van der Waals surface area contributed by atoms with Crippen molar-refractivity contribution in [2.75, 3.05) is 13.2 Å². The Kier molecular flexibility index (Phi) is 4.87. The Balaban J connectivity index is 1.67. The molecule has 2 aromatic rings. The fourth-order valence-corrected chi connectivity index (χ4v) is 2.62. The lowest BCUT2D eigenvalue weighted by Gasteiger charge is -2.27. The molecule has 0 fully saturated rings. The Morgan fingerprint density at radius 2 is 2.15 bits per heavy atom. The largest absolute Gasteiger partial charge is 0.472 e. The predicted molar refractivity (Wildman–Crippen MR) is 88.0 cm³/mol. The quantitative estimate of drug-likeness (QED) is 0.539. The minimum Gasteiger partial charge on any atom is -0.472 e. The summed E-state index contributed by atoms with van der Waals surface area (Å²) < 4.78 is 9.91. The number of aryl methyl sites for hydroxylation is 2. The number of amides is 3. The second-order valence-electron chi connectivity index (χ2n) is 5.74. The number of ether oxygens (including phenoxy) is 1. The van der Waals surface area contributed by atoms with Crippen LogP contribution < -0.4 is 20.7 Å². The fourth-order valence-electron chi connectivity index (χ4n) is 2.62. The van der Waals surface area contributed by atoms with Crippen molar-refractivity contribution in [3.63, 3.8) is 0 Å². The van der Waals surface area contributed by atoms with Crippen LogP contribution in [0.4, 0.5) is 4.79 Å². The smallest absolute Gasteiger partial charge is 0.319 e. The van der Waals surface area contributed by atoms with Crippen molar-refractivity contribution in [1.82, 2.24) is 36.2 Å². The molecule has 3 heterocycles. The van der Waals surface area contributed by atoms with Crippen LogP contribution in [0.25, 0.3) is 0 Å². The molecule has 0 saturated heterocycles. The molecule has 4 N–H and O–H groups in total. The van der Waals surface area contributed by atoms with E-state index in [1.807, 2.05) is 6.92 Å². The van der Waals surface area contributed by atoms with Gasteiger partial charge >= 0.3 is 6.03 Å². The van der Waals surface area contributed by atoms with Gasteiger partial charge in [0.25, 0.3) is 11.8 Å². The number of imidazole rings is 1. The molecule has 138 valence electrons. The second kappa shape index (κ2) is 7.25. The topological polar surface area (TPSA) is 147 Å². The third-order valence-corrected chi connectivity index (χ3v) is 3.89. The van der Waals surface area contributed by atoms with E-state index in [4.69, 9.17) is 4.74 Å². The molecule has 0 spiro atoms. The Morgan fingerprint density at radius 3 is 2.81 bits per heavy atom. The third kappa shape index (κ3) is 3.50. The van der Waals surface area contributed by atoms with Gasteiger partial charge in [-0.25, -0.2) is 14.4 Å². The van der Waals surface area contributed by atoms with E-state index in [2.05, 4.69) is 40.9 Å². The van der Waals surface area contributed by atoms with Gasteiger partial charge in [0.05, 0.1) is 24.1 Å². The molecule has 0 aliphatic carbocycles. The fraction of sp³-hybridized carbons (Fsp3) is 0.400. The van der Waals surface area contributed by atoms with E-state index in [1.165, 1.54) is 6.33 Å². The number of allylic oxidation sites excluding steroid dienone is 1. The SMILES string of the molecule is CC1=C(C(=O)NCCOc2nonc2C)C(c2nc[nH]c2C)NC(=O)N1. The van der Waals surface area contributed by atoms with E-state index >= 15 is 0 Å². The van der Waals surface area contributed by atoms with Gasteiger partial charge < -0.3 is 25.7 Å². The summed E-state index contributed by atoms with van der Waals surface area (Å²) in [6.45, 7) is 5.62. The summed E-state index contributed by atoms with van der Waals surface area (Å²) in [5, 5.41) is 15.3. The van der Waals surface area contributed by atoms with Gasteiger partial charge in [-0.3, -0.25) is 4.79 Å². The number of nitrogens with one attached hydrogen (secondary N) is 4. The highest BCUT2D eigenvalue weighted by Crippen LogP contribution is 2.26. The number of aromatic nitrogens is 4. The van der Waals surface area contributed by atoms with Crippen molar-refractivity contribution in [2.45, 2.75) is 26.8 Å². The van der Waals surface area contributed by atoms with Gasteiger partial charge in [-0.2, -0.15) is 0 Å². The zero-order valence-corrected chi connectivity index (χ0v) is 14.5. The van der Waals surface area contributed by atoms with Crippen molar-refractivity contribution >= 4 is 11.9 Å². The molecule has 1 aliphatic rings. The Bertz CT molecular complexity index is 854. The lowest BCUT2D eigenvalue weighted by Crippen LogP contribution is -2.47. The maximum Gasteiger partial charge on any atom is 0.319 e. The first-order chi connectivity index (χ1) is 12.5. The van der Waals surface area contributed by atoms with Crippen LogP contribution in [0.5, 0.6) is 5.88 Å². The highest BCUT2D eigenvalue weighted by atomic mass is 16.6. The molecule has 1 aliphatic heterocycles. The highest BCUT2D eigenvalue weighted by molar-refractivity contribution is 5.98. The third-order valence-electron chi connectivity index (χ3n) is 3.89. The van der Waals surface area contributed by atoms with E-state index in [9.17, 15) is 9.59 Å². The van der Waals surface area contributed by atoms with Gasteiger partial charge in [0, 0.05) is 11.4 Å². The van der Waals surface area contributed by atoms with Crippen molar-refractivity contribution in [3.05, 3.63) is 34.7 Å². The summed E-state index contributed by atoms with van der Waals surface area (Å²) in [6, 6.07) is -1.03. The molecule has 1 atom stereocenters. The van der Waals surface area contributed by atoms with Gasteiger partial charge in [0.1, 0.15) is 18.3 Å². The van der Waals surface area contributed by atoms with E-state index in [0.717, 1.165) is 5.69 Å². The second-order valence-corrected chi connectivity index (χ2v) is 5.74. The van der Waals surface area contributed by atoms with Gasteiger partial charge in [0.15, 0.2) is 0 Å². The number of aromatic amines is 1. The van der Waals surface area contributed by atoms with E-state index in [-0.39, 0.29) is 31.0 Å². The first-order valence-corrected chi connectivity index (χ1v) is 7.95. The van der Waals surface area contributed by atoms with Crippen LogP contribution in [0.1, 0.15) is 30.0 Å². The summed E-state index contributed by atoms with van der Waals surface area (Å²) in [7, 11) is 0. The van der Waals surface area contributed by atoms with E-state index in [0.29, 0.717) is 22.7 Å². The molecule has 3 rings (SSSR count). The molecule has 0 bridgehead atoms. The standard InChI is InChI=1S/C15H19N7O4/c1-7-10(12(20-15(24)19-7)11-8(2)17-6-18-11)13(23)16-4-5-25-14-9(3)21-26-22-14/h6,12H,4-5H2,1-3H3,(H,16,23)(H,17,18)(H2,19,20,24). The number of nitrogens with zero attached hydrogens (tertiary/aromatic N) is 3. The summed E-state index contributed by atoms with van der Waals surface area (Å²) in [4.78, 5) is 31.6. The molecule has 1 unspecified atom stereocenters. The number of H-pyrrole nitrogens is 1. The average molecular weight is 361 g/mol. The normalized spacial score (nSPS) is 16.9. The van der Waals surface area contributed by atoms with Crippen molar-refractivity contribution in [2.24, 2.45) is 0 Å². The minimum absolute atomic E-state index is 0.193. The van der Waals surface area contributed by atoms with Crippen molar-refractivity contribution in [1.29, 1.82) is 0 Å². The van der Waals surface area contributed by atoms with Crippen LogP contribution >= 0.6 is 0 Å². The molecular formula is C15H19N7O4. The van der Waals surface area contributed by atoms with Crippen molar-refractivity contribution < 1.29 is 19.0 Å². The lowest BCUT2D eigenvalue weighted by molar-refractivity contribution is -0.118. The maximum atomic E-state index is 12.7. The molecule has 0 saturated carbocycles. The van der Waals surface area contributed by atoms with Crippen molar-refractivity contribution in [3.8, 4) is 5.88 Å². The maximum absolute atomic E-state index is 12.7. The molecule has 0 radical (unpaired) electrons. The zero-order valence-electron chi connectivity index (χ0n) is 14.5. The van der Waals surface area contributed by atoms with Crippen LogP contribution in [-0.2, 0) is 4.79 Å². The molecular weight excluding hydrogens is 342 g/mol. The molecule has 26 heavy (non-hydrogen) atoms. The van der Waals surface area contributed by atoms with Crippen LogP contribution in [0.3, 0.4) is 0 Å². The van der Waals surface area contributed by atoms with Gasteiger partial charge in [-0.05, 0) is 25.9 Å². The number of hydrogen-bond acceptors (Lipinski definition) is 7. The van der Waals surface area contributed by atoms with Crippen LogP contribution in [-0.4, -0.2) is 45.4 Å². The number of urea groups is 1. The summed E-state index contributed by atoms with van der Waals surface area (Å²) in [5.74, 6) is -0.0488. The lowest BCUT2D eigenvalue weighted by atomic mass is 9.98. The molecule has 11 nitrogen and oxygen atoms in total. The van der Waals surface area contributed by atoms with Gasteiger partial charge in [0.2, 0.25) is 0 Å². The predicted octanol–water partition coefficient (Wildman–Crippen LogP) is 0.233. The van der Waals surface area contributed by atoms with Crippen LogP contribution in [0.15, 0.2) is 22.2 Å². The van der Waals surface area contributed by atoms with Gasteiger partial charge in [-0.15, -0.1) is 0 Å².